The van der Waals surface area contributed by atoms with Crippen molar-refractivity contribution >= 4 is 0 Å². The Morgan fingerprint density at radius 2 is 2.00 bits per heavy atom. The van der Waals surface area contributed by atoms with Gasteiger partial charge in [0.15, 0.2) is 0 Å². The molecule has 50 valence electrons. The predicted molar refractivity (Wildman–Crippen MR) is 36.8 cm³/mol. The zero-order valence-electron chi connectivity index (χ0n) is 5.99. The standard InChI is InChI=1S/C6H16N2/c1-6(2,4-7)5-8-3/h8H,4-5,7H2,1-3H3. The van der Waals surface area contributed by atoms with Gasteiger partial charge in [0.05, 0.1) is 0 Å². The lowest BCUT2D eigenvalue weighted by atomic mass is 9.94. The van der Waals surface area contributed by atoms with Crippen LogP contribution in [0.25, 0.3) is 0 Å². The molecule has 0 aliphatic heterocycles. The zero-order valence-corrected chi connectivity index (χ0v) is 5.99. The van der Waals surface area contributed by atoms with Crippen LogP contribution < -0.4 is 11.1 Å². The minimum Gasteiger partial charge on any atom is -0.330 e. The molecule has 0 heterocycles. The minimum absolute atomic E-state index is 0.259. The van der Waals surface area contributed by atoms with E-state index in [1.807, 2.05) is 7.05 Å². The highest BCUT2D eigenvalue weighted by atomic mass is 14.8. The van der Waals surface area contributed by atoms with Crippen LogP contribution in [-0.4, -0.2) is 20.1 Å². The summed E-state index contributed by atoms with van der Waals surface area (Å²) in [5.41, 5.74) is 5.71. The Labute approximate surface area is 51.5 Å². The Morgan fingerprint density at radius 3 is 2.12 bits per heavy atom. The van der Waals surface area contributed by atoms with Crippen LogP contribution in [0.5, 0.6) is 0 Å². The molecule has 0 radical (unpaired) electrons. The van der Waals surface area contributed by atoms with Gasteiger partial charge in [-0.3, -0.25) is 0 Å². The summed E-state index contributed by atoms with van der Waals surface area (Å²) in [7, 11) is 1.94. The number of hydrogen-bond acceptors (Lipinski definition) is 2. The highest BCUT2D eigenvalue weighted by molar-refractivity contribution is 4.70. The third-order valence-electron chi connectivity index (χ3n) is 1.21. The van der Waals surface area contributed by atoms with Crippen molar-refractivity contribution in [2.45, 2.75) is 13.8 Å². The predicted octanol–water partition coefficient (Wildman–Crippen LogP) is 0.191. The second-order valence-corrected chi connectivity index (χ2v) is 2.90. The topological polar surface area (TPSA) is 38.0 Å². The van der Waals surface area contributed by atoms with Crippen molar-refractivity contribution in [3.63, 3.8) is 0 Å². The van der Waals surface area contributed by atoms with E-state index in [2.05, 4.69) is 19.2 Å². The summed E-state index contributed by atoms with van der Waals surface area (Å²) in [6, 6.07) is 0. The maximum absolute atomic E-state index is 5.45. The number of hydrogen-bond donors (Lipinski definition) is 2. The van der Waals surface area contributed by atoms with E-state index in [1.54, 1.807) is 0 Å². The van der Waals surface area contributed by atoms with Crippen LogP contribution in [0.3, 0.4) is 0 Å². The van der Waals surface area contributed by atoms with Crippen LogP contribution in [0.1, 0.15) is 13.8 Å². The lowest BCUT2D eigenvalue weighted by Gasteiger charge is -2.20. The average Bonchev–Trinajstić information content (AvgIpc) is 1.67. The van der Waals surface area contributed by atoms with Gasteiger partial charge in [-0.1, -0.05) is 13.8 Å². The summed E-state index contributed by atoms with van der Waals surface area (Å²) in [4.78, 5) is 0. The third-order valence-corrected chi connectivity index (χ3v) is 1.21. The summed E-state index contributed by atoms with van der Waals surface area (Å²) < 4.78 is 0. The normalized spacial score (nSPS) is 12.0. The third kappa shape index (κ3) is 2.99. The van der Waals surface area contributed by atoms with Crippen LogP contribution >= 0.6 is 0 Å². The summed E-state index contributed by atoms with van der Waals surface area (Å²) in [6.45, 7) is 6.02. The van der Waals surface area contributed by atoms with Crippen molar-refractivity contribution in [2.75, 3.05) is 20.1 Å². The lowest BCUT2D eigenvalue weighted by molar-refractivity contribution is 0.364. The number of nitrogens with one attached hydrogen (secondary N) is 1. The van der Waals surface area contributed by atoms with Crippen LogP contribution in [0.2, 0.25) is 0 Å². The van der Waals surface area contributed by atoms with E-state index in [4.69, 9.17) is 5.73 Å². The molecule has 2 nitrogen and oxygen atoms in total. The summed E-state index contributed by atoms with van der Waals surface area (Å²) in [5, 5.41) is 3.08. The first-order chi connectivity index (χ1) is 3.62. The van der Waals surface area contributed by atoms with Crippen molar-refractivity contribution in [3.8, 4) is 0 Å². The highest BCUT2D eigenvalue weighted by Gasteiger charge is 2.12. The van der Waals surface area contributed by atoms with Gasteiger partial charge in [0.2, 0.25) is 0 Å². The molecule has 2 heteroatoms. The molecular formula is C6H16N2. The van der Waals surface area contributed by atoms with E-state index >= 15 is 0 Å². The zero-order chi connectivity index (χ0) is 6.62. The average molecular weight is 116 g/mol. The van der Waals surface area contributed by atoms with Crippen molar-refractivity contribution in [3.05, 3.63) is 0 Å². The Balaban J connectivity index is 3.37. The van der Waals surface area contributed by atoms with Crippen LogP contribution in [-0.2, 0) is 0 Å². The Kier molecular flexibility index (Phi) is 3.02. The molecule has 0 saturated heterocycles. The van der Waals surface area contributed by atoms with E-state index in [1.165, 1.54) is 0 Å². The molecule has 0 fully saturated rings. The molecular weight excluding hydrogens is 100 g/mol. The van der Waals surface area contributed by atoms with E-state index in [0.717, 1.165) is 13.1 Å². The second-order valence-electron chi connectivity index (χ2n) is 2.90. The van der Waals surface area contributed by atoms with Gasteiger partial charge in [0.25, 0.3) is 0 Å². The Morgan fingerprint density at radius 1 is 1.50 bits per heavy atom. The van der Waals surface area contributed by atoms with Crippen LogP contribution in [0.15, 0.2) is 0 Å². The van der Waals surface area contributed by atoms with Gasteiger partial charge in [-0.2, -0.15) is 0 Å². The van der Waals surface area contributed by atoms with Crippen LogP contribution in [0, 0.1) is 5.41 Å². The molecule has 0 rings (SSSR count). The maximum Gasteiger partial charge on any atom is 0.00116 e. The van der Waals surface area contributed by atoms with Crippen molar-refractivity contribution in [1.82, 2.24) is 5.32 Å². The first-order valence-electron chi connectivity index (χ1n) is 2.97. The van der Waals surface area contributed by atoms with Crippen molar-refractivity contribution < 1.29 is 0 Å². The molecule has 0 aromatic carbocycles. The molecule has 0 spiro atoms. The Bertz CT molecular complexity index is 59.5. The van der Waals surface area contributed by atoms with E-state index in [0.29, 0.717) is 0 Å². The van der Waals surface area contributed by atoms with Gasteiger partial charge in [-0.05, 0) is 19.0 Å². The fraction of sp³-hybridized carbons (Fsp3) is 1.00. The maximum atomic E-state index is 5.45. The van der Waals surface area contributed by atoms with Crippen molar-refractivity contribution in [2.24, 2.45) is 11.1 Å². The largest absolute Gasteiger partial charge is 0.330 e. The van der Waals surface area contributed by atoms with Gasteiger partial charge in [-0.15, -0.1) is 0 Å². The first kappa shape index (κ1) is 7.92. The van der Waals surface area contributed by atoms with E-state index < -0.39 is 0 Å². The highest BCUT2D eigenvalue weighted by Crippen LogP contribution is 2.08. The molecule has 0 bridgehead atoms. The quantitative estimate of drug-likeness (QED) is 0.552. The first-order valence-corrected chi connectivity index (χ1v) is 2.97. The van der Waals surface area contributed by atoms with E-state index in [9.17, 15) is 0 Å². The summed E-state index contributed by atoms with van der Waals surface area (Å²) >= 11 is 0. The molecule has 0 aromatic heterocycles. The van der Waals surface area contributed by atoms with Gasteiger partial charge >= 0.3 is 0 Å². The van der Waals surface area contributed by atoms with Crippen molar-refractivity contribution in [1.29, 1.82) is 0 Å². The van der Waals surface area contributed by atoms with Gasteiger partial charge in [-0.25, -0.2) is 0 Å². The number of rotatable bonds is 3. The molecule has 0 unspecified atom stereocenters. The van der Waals surface area contributed by atoms with Gasteiger partial charge in [0.1, 0.15) is 0 Å². The molecule has 0 aromatic rings. The minimum atomic E-state index is 0.259. The SMILES string of the molecule is CNCC(C)(C)CN. The molecule has 0 amide bonds. The summed E-state index contributed by atoms with van der Waals surface area (Å²) in [5.74, 6) is 0. The lowest BCUT2D eigenvalue weighted by Crippen LogP contribution is -2.33. The molecule has 8 heavy (non-hydrogen) atoms. The molecule has 0 aliphatic carbocycles. The second kappa shape index (κ2) is 3.05. The van der Waals surface area contributed by atoms with Crippen LogP contribution in [0.4, 0.5) is 0 Å². The molecule has 3 N–H and O–H groups in total. The Hall–Kier alpha value is -0.0800. The number of nitrogens with two attached hydrogens (primary N) is 1. The van der Waals surface area contributed by atoms with Gasteiger partial charge < -0.3 is 11.1 Å². The molecule has 0 aliphatic rings. The summed E-state index contributed by atoms with van der Waals surface area (Å²) in [6.07, 6.45) is 0. The van der Waals surface area contributed by atoms with E-state index in [-0.39, 0.29) is 5.41 Å². The van der Waals surface area contributed by atoms with Gasteiger partial charge in [0, 0.05) is 6.54 Å². The molecule has 0 saturated carbocycles. The monoisotopic (exact) mass is 116 g/mol. The molecule has 0 atom stereocenters. The fourth-order valence-electron chi connectivity index (χ4n) is 0.551. The smallest absolute Gasteiger partial charge is 0.00116 e. The fourth-order valence-corrected chi connectivity index (χ4v) is 0.551.